The summed E-state index contributed by atoms with van der Waals surface area (Å²) in [6.07, 6.45) is -1.23. The molecular weight excluding hydrogens is 656 g/mol. The fraction of sp³-hybridized carbons (Fsp3) is 0.588. The Labute approximate surface area is 287 Å². The second-order valence-electron chi connectivity index (χ2n) is 13.5. The number of hydrogen-bond donors (Lipinski definition) is 4. The highest BCUT2D eigenvalue weighted by Crippen LogP contribution is 2.38. The van der Waals surface area contributed by atoms with E-state index in [-0.39, 0.29) is 49.0 Å². The summed E-state index contributed by atoms with van der Waals surface area (Å²) in [5, 5.41) is 28.3. The van der Waals surface area contributed by atoms with Crippen molar-refractivity contribution in [1.29, 1.82) is 0 Å². The summed E-state index contributed by atoms with van der Waals surface area (Å²) in [5.74, 6) is 0.499. The first-order valence-electron chi connectivity index (χ1n) is 16.8. The minimum absolute atomic E-state index is 0.0307. The molecule has 2 saturated heterocycles. The van der Waals surface area contributed by atoms with Crippen LogP contribution in [0, 0.1) is 11.3 Å². The molecule has 3 aliphatic rings. The quantitative estimate of drug-likeness (QED) is 0.203. The van der Waals surface area contributed by atoms with Gasteiger partial charge in [0.2, 0.25) is 16.8 Å². The van der Waals surface area contributed by atoms with Crippen LogP contribution in [0.3, 0.4) is 0 Å². The van der Waals surface area contributed by atoms with Gasteiger partial charge in [0.1, 0.15) is 0 Å². The zero-order valence-corrected chi connectivity index (χ0v) is 29.1. The van der Waals surface area contributed by atoms with Crippen molar-refractivity contribution in [2.24, 2.45) is 11.3 Å². The predicted octanol–water partition coefficient (Wildman–Crippen LogP) is 3.25. The monoisotopic (exact) mass is 704 g/mol. The molecule has 49 heavy (non-hydrogen) atoms. The molecule has 14 nitrogen and oxygen atoms in total. The Morgan fingerprint density at radius 3 is 2.51 bits per heavy atom. The van der Waals surface area contributed by atoms with Crippen LogP contribution >= 0.6 is 0 Å². The fourth-order valence-corrected chi connectivity index (χ4v) is 8.33. The lowest BCUT2D eigenvalue weighted by Crippen LogP contribution is -2.58. The normalized spacial score (nSPS) is 21.3. The van der Waals surface area contributed by atoms with Crippen molar-refractivity contribution in [2.75, 3.05) is 46.2 Å². The van der Waals surface area contributed by atoms with Gasteiger partial charge in [-0.05, 0) is 48.8 Å². The highest BCUT2D eigenvalue weighted by Gasteiger charge is 2.49. The number of aliphatic hydroxyl groups excluding tert-OH is 1. The van der Waals surface area contributed by atoms with E-state index in [0.717, 1.165) is 12.0 Å². The molecule has 5 atom stereocenters. The molecule has 4 N–H and O–H groups in total. The lowest BCUT2D eigenvalue weighted by Gasteiger charge is -2.40. The molecule has 270 valence electrons. The summed E-state index contributed by atoms with van der Waals surface area (Å²) < 4.78 is 52.3. The summed E-state index contributed by atoms with van der Waals surface area (Å²) in [6, 6.07) is 11.6. The van der Waals surface area contributed by atoms with Gasteiger partial charge in [-0.25, -0.2) is 18.0 Å². The van der Waals surface area contributed by atoms with Crippen LogP contribution in [0.15, 0.2) is 53.4 Å². The Bertz CT molecular complexity index is 1540. The zero-order valence-electron chi connectivity index (χ0n) is 28.2. The third kappa shape index (κ3) is 8.94. The summed E-state index contributed by atoms with van der Waals surface area (Å²) >= 11 is 0. The smallest absolute Gasteiger partial charge is 0.407 e. The summed E-state index contributed by atoms with van der Waals surface area (Å²) in [6.45, 7) is 6.63. The molecule has 2 fully saturated rings. The molecule has 0 unspecified atom stereocenters. The van der Waals surface area contributed by atoms with E-state index in [1.54, 1.807) is 0 Å². The van der Waals surface area contributed by atoms with Gasteiger partial charge in [0.25, 0.3) is 0 Å². The van der Waals surface area contributed by atoms with E-state index in [0.29, 0.717) is 38.3 Å². The summed E-state index contributed by atoms with van der Waals surface area (Å²) in [7, 11) is -4.26. The van der Waals surface area contributed by atoms with Crippen molar-refractivity contribution in [1.82, 2.24) is 19.8 Å². The van der Waals surface area contributed by atoms with Crippen molar-refractivity contribution in [3.63, 3.8) is 0 Å². The van der Waals surface area contributed by atoms with Gasteiger partial charge < -0.3 is 39.8 Å². The molecule has 0 aromatic heterocycles. The first-order chi connectivity index (χ1) is 23.4. The van der Waals surface area contributed by atoms with E-state index in [1.807, 2.05) is 51.1 Å². The van der Waals surface area contributed by atoms with Gasteiger partial charge in [0.05, 0.1) is 36.3 Å². The third-order valence-corrected chi connectivity index (χ3v) is 11.1. The van der Waals surface area contributed by atoms with Gasteiger partial charge >= 0.3 is 12.1 Å². The molecule has 0 radical (unpaired) electrons. The number of ether oxygens (including phenoxy) is 4. The SMILES string of the molecule is CCCNC(=O)NCCC(C)(C)CN(C[C@@H](O)[C@H](Cc1ccccc1)N(C(=O)O)[C@H]1CO[C@H]2OCC[C@H]21)S(=O)(=O)c1ccc2c(c1)OCO2. The Hall–Kier alpha value is -3.63. The minimum atomic E-state index is -4.26. The Morgan fingerprint density at radius 1 is 1.04 bits per heavy atom. The molecular formula is C34H48N4O10S. The highest BCUT2D eigenvalue weighted by molar-refractivity contribution is 7.89. The van der Waals surface area contributed by atoms with Crippen LogP contribution in [0.2, 0.25) is 0 Å². The van der Waals surface area contributed by atoms with E-state index < -0.39 is 52.6 Å². The molecule has 0 aliphatic carbocycles. The number of amides is 3. The third-order valence-electron chi connectivity index (χ3n) is 9.28. The Balaban J connectivity index is 1.45. The van der Waals surface area contributed by atoms with Crippen LogP contribution in [0.5, 0.6) is 11.5 Å². The van der Waals surface area contributed by atoms with Crippen molar-refractivity contribution in [3.05, 3.63) is 54.1 Å². The maximum absolute atomic E-state index is 14.4. The number of carboxylic acid groups (broad SMARTS) is 1. The van der Waals surface area contributed by atoms with Crippen LogP contribution in [-0.2, 0) is 25.9 Å². The molecule has 2 aromatic carbocycles. The van der Waals surface area contributed by atoms with Crippen LogP contribution in [-0.4, -0.2) is 111 Å². The number of benzene rings is 2. The first kappa shape index (κ1) is 36.6. The predicted molar refractivity (Wildman–Crippen MR) is 179 cm³/mol. The standard InChI is InChI=1S/C34H48N4O10S/c1-4-14-35-32(40)36-15-13-34(2,3)21-37(49(43,44)24-10-11-29-30(18-24)48-22-47-29)19-28(39)26(17-23-8-6-5-7-9-23)38(33(41)42)27-20-46-31-25(27)12-16-45-31/h5-11,18,25-28,31,39H,4,12-17,19-22H2,1-3H3,(H,41,42)(H2,35,36,40)/t25-,26-,27-,28+,31+/m0/s1. The molecule has 0 spiro atoms. The second-order valence-corrected chi connectivity index (χ2v) is 15.5. The van der Waals surface area contributed by atoms with Crippen LogP contribution in [0.25, 0.3) is 0 Å². The van der Waals surface area contributed by atoms with Crippen molar-refractivity contribution in [3.8, 4) is 11.5 Å². The Kier molecular flexibility index (Phi) is 11.9. The number of nitrogens with one attached hydrogen (secondary N) is 2. The van der Waals surface area contributed by atoms with Gasteiger partial charge in [-0.1, -0.05) is 51.1 Å². The maximum atomic E-state index is 14.4. The lowest BCUT2D eigenvalue weighted by atomic mass is 9.89. The molecule has 0 bridgehead atoms. The number of rotatable bonds is 16. The van der Waals surface area contributed by atoms with Crippen molar-refractivity contribution < 1.29 is 47.2 Å². The number of carbonyl (C=O) groups excluding carboxylic acids is 1. The highest BCUT2D eigenvalue weighted by atomic mass is 32.2. The van der Waals surface area contributed by atoms with Gasteiger partial charge in [-0.15, -0.1) is 0 Å². The van der Waals surface area contributed by atoms with Gasteiger partial charge in [-0.3, -0.25) is 4.90 Å². The van der Waals surface area contributed by atoms with E-state index >= 15 is 0 Å². The second kappa shape index (κ2) is 15.9. The molecule has 2 aromatic rings. The number of hydrogen-bond acceptors (Lipinski definition) is 9. The van der Waals surface area contributed by atoms with Crippen LogP contribution in [0.1, 0.15) is 45.6 Å². The zero-order chi connectivity index (χ0) is 35.2. The summed E-state index contributed by atoms with van der Waals surface area (Å²) in [5.41, 5.74) is 0.116. The van der Waals surface area contributed by atoms with Gasteiger partial charge in [-0.2, -0.15) is 4.31 Å². The van der Waals surface area contributed by atoms with E-state index in [9.17, 15) is 28.2 Å². The largest absolute Gasteiger partial charge is 0.465 e. The first-order valence-corrected chi connectivity index (χ1v) is 18.2. The average molecular weight is 705 g/mol. The number of nitrogens with zero attached hydrogens (tertiary/aromatic N) is 2. The average Bonchev–Trinajstić information content (AvgIpc) is 3.82. The van der Waals surface area contributed by atoms with Crippen molar-refractivity contribution in [2.45, 2.75) is 75.8 Å². The number of carbonyl (C=O) groups is 2. The van der Waals surface area contributed by atoms with E-state index in [2.05, 4.69) is 10.6 Å². The molecule has 0 saturated carbocycles. The lowest BCUT2D eigenvalue weighted by molar-refractivity contribution is -0.0906. The molecule has 3 amide bonds. The van der Waals surface area contributed by atoms with Crippen molar-refractivity contribution >= 4 is 22.1 Å². The number of aliphatic hydroxyl groups is 1. The molecule has 3 aliphatic heterocycles. The van der Waals surface area contributed by atoms with Gasteiger partial charge in [0, 0.05) is 38.2 Å². The molecule has 3 heterocycles. The maximum Gasteiger partial charge on any atom is 0.407 e. The Morgan fingerprint density at radius 2 is 1.78 bits per heavy atom. The number of fused-ring (bicyclic) bond motifs is 2. The van der Waals surface area contributed by atoms with E-state index in [1.165, 1.54) is 27.4 Å². The number of urea groups is 1. The molecule has 15 heteroatoms. The number of sulfonamides is 1. The fourth-order valence-electron chi connectivity index (χ4n) is 6.67. The summed E-state index contributed by atoms with van der Waals surface area (Å²) in [4.78, 5) is 26.4. The van der Waals surface area contributed by atoms with E-state index in [4.69, 9.17) is 18.9 Å². The minimum Gasteiger partial charge on any atom is -0.465 e. The van der Waals surface area contributed by atoms with Crippen LogP contribution in [0.4, 0.5) is 9.59 Å². The van der Waals surface area contributed by atoms with Crippen LogP contribution < -0.4 is 20.1 Å². The molecule has 5 rings (SSSR count). The van der Waals surface area contributed by atoms with Gasteiger partial charge in [0.15, 0.2) is 17.8 Å². The topological polar surface area (TPSA) is 176 Å².